The highest BCUT2D eigenvalue weighted by Gasteiger charge is 2.15. The van der Waals surface area contributed by atoms with Crippen LogP contribution in [0.1, 0.15) is 36.0 Å². The summed E-state index contributed by atoms with van der Waals surface area (Å²) >= 11 is 0. The van der Waals surface area contributed by atoms with Gasteiger partial charge in [0.05, 0.1) is 34.5 Å². The molecule has 0 bridgehead atoms. The average molecular weight is 381 g/mol. The second-order valence-electron chi connectivity index (χ2n) is 6.54. The number of hydrogen-bond acceptors (Lipinski definition) is 6. The first-order valence-electron chi connectivity index (χ1n) is 9.43. The van der Waals surface area contributed by atoms with Crippen molar-refractivity contribution in [1.29, 1.82) is 5.26 Å². The van der Waals surface area contributed by atoms with E-state index in [-0.39, 0.29) is 0 Å². The number of pyridine rings is 2. The van der Waals surface area contributed by atoms with Crippen LogP contribution in [0.2, 0.25) is 0 Å². The molecule has 0 aliphatic heterocycles. The summed E-state index contributed by atoms with van der Waals surface area (Å²) in [6.07, 6.45) is 11.0. The third-order valence-corrected chi connectivity index (χ3v) is 4.55. The predicted molar refractivity (Wildman–Crippen MR) is 108 cm³/mol. The van der Waals surface area contributed by atoms with Gasteiger partial charge < -0.3 is 0 Å². The molecule has 0 unspecified atom stereocenters. The molecule has 142 valence electrons. The summed E-state index contributed by atoms with van der Waals surface area (Å²) < 4.78 is 1.70. The first-order valence-corrected chi connectivity index (χ1v) is 9.43. The fourth-order valence-electron chi connectivity index (χ4n) is 3.17. The SMILES string of the molecule is CCCc1nc(-c2cccnc2)cnc1Cc1ccnn1-c1ncccc1C#N. The van der Waals surface area contributed by atoms with Crippen LogP contribution < -0.4 is 0 Å². The van der Waals surface area contributed by atoms with Gasteiger partial charge in [0.2, 0.25) is 0 Å². The second-order valence-corrected chi connectivity index (χ2v) is 6.54. The number of aromatic nitrogens is 6. The molecular formula is C22H19N7. The van der Waals surface area contributed by atoms with Gasteiger partial charge in [-0.15, -0.1) is 0 Å². The second kappa shape index (κ2) is 8.40. The fourth-order valence-corrected chi connectivity index (χ4v) is 3.17. The minimum absolute atomic E-state index is 0.476. The minimum atomic E-state index is 0.476. The van der Waals surface area contributed by atoms with Gasteiger partial charge in [0.25, 0.3) is 0 Å². The smallest absolute Gasteiger partial charge is 0.171 e. The van der Waals surface area contributed by atoms with Crippen LogP contribution in [0, 0.1) is 11.3 Å². The van der Waals surface area contributed by atoms with Gasteiger partial charge in [-0.25, -0.2) is 14.6 Å². The van der Waals surface area contributed by atoms with Crippen molar-refractivity contribution in [3.63, 3.8) is 0 Å². The van der Waals surface area contributed by atoms with Crippen LogP contribution in [0.15, 0.2) is 61.3 Å². The molecule has 0 aromatic carbocycles. The zero-order valence-corrected chi connectivity index (χ0v) is 16.0. The van der Waals surface area contributed by atoms with E-state index in [1.54, 1.807) is 47.8 Å². The first kappa shape index (κ1) is 18.4. The van der Waals surface area contributed by atoms with E-state index in [4.69, 9.17) is 9.97 Å². The summed E-state index contributed by atoms with van der Waals surface area (Å²) in [5.41, 5.74) is 5.00. The molecule has 0 N–H and O–H groups in total. The highest BCUT2D eigenvalue weighted by atomic mass is 15.3. The maximum absolute atomic E-state index is 9.39. The zero-order chi connectivity index (χ0) is 20.1. The van der Waals surface area contributed by atoms with Crippen LogP contribution in [-0.4, -0.2) is 29.7 Å². The molecule has 0 saturated carbocycles. The van der Waals surface area contributed by atoms with Crippen molar-refractivity contribution < 1.29 is 0 Å². The monoisotopic (exact) mass is 381 g/mol. The zero-order valence-electron chi connectivity index (χ0n) is 16.0. The van der Waals surface area contributed by atoms with Crippen molar-refractivity contribution in [3.05, 3.63) is 84.0 Å². The van der Waals surface area contributed by atoms with E-state index >= 15 is 0 Å². The van der Waals surface area contributed by atoms with Gasteiger partial charge in [-0.3, -0.25) is 9.97 Å². The van der Waals surface area contributed by atoms with E-state index in [2.05, 4.69) is 28.1 Å². The van der Waals surface area contributed by atoms with Gasteiger partial charge in [-0.1, -0.05) is 13.3 Å². The van der Waals surface area contributed by atoms with Crippen LogP contribution in [0.5, 0.6) is 0 Å². The van der Waals surface area contributed by atoms with Gasteiger partial charge in [-0.05, 0) is 36.8 Å². The molecule has 0 atom stereocenters. The number of nitriles is 1. The summed E-state index contributed by atoms with van der Waals surface area (Å²) in [6.45, 7) is 2.12. The van der Waals surface area contributed by atoms with Crippen molar-refractivity contribution in [1.82, 2.24) is 29.7 Å². The molecule has 29 heavy (non-hydrogen) atoms. The average Bonchev–Trinajstić information content (AvgIpc) is 3.23. The molecule has 4 aromatic heterocycles. The minimum Gasteiger partial charge on any atom is -0.264 e. The molecule has 0 aliphatic carbocycles. The topological polar surface area (TPSA) is 93.2 Å². The lowest BCUT2D eigenvalue weighted by Crippen LogP contribution is -2.10. The summed E-state index contributed by atoms with van der Waals surface area (Å²) in [4.78, 5) is 18.1. The number of hydrogen-bond donors (Lipinski definition) is 0. The lowest BCUT2D eigenvalue weighted by atomic mass is 10.1. The van der Waals surface area contributed by atoms with Gasteiger partial charge in [-0.2, -0.15) is 10.4 Å². The summed E-state index contributed by atoms with van der Waals surface area (Å²) in [5, 5.41) is 13.8. The normalized spacial score (nSPS) is 10.6. The van der Waals surface area contributed by atoms with Crippen molar-refractivity contribution in [3.8, 4) is 23.1 Å². The molecule has 4 aromatic rings. The Balaban J connectivity index is 1.71. The van der Waals surface area contributed by atoms with Gasteiger partial charge in [0.15, 0.2) is 5.82 Å². The fraction of sp³-hybridized carbons (Fsp3) is 0.182. The number of rotatable bonds is 6. The maximum Gasteiger partial charge on any atom is 0.171 e. The molecule has 4 heterocycles. The summed E-state index contributed by atoms with van der Waals surface area (Å²) in [5.74, 6) is 0.520. The van der Waals surface area contributed by atoms with Crippen LogP contribution >= 0.6 is 0 Å². The Morgan fingerprint density at radius 2 is 1.90 bits per heavy atom. The van der Waals surface area contributed by atoms with E-state index in [9.17, 15) is 5.26 Å². The molecule has 0 saturated heterocycles. The summed E-state index contributed by atoms with van der Waals surface area (Å²) in [7, 11) is 0. The Bertz CT molecular complexity index is 1160. The maximum atomic E-state index is 9.39. The van der Waals surface area contributed by atoms with E-state index < -0.39 is 0 Å². The van der Waals surface area contributed by atoms with Gasteiger partial charge >= 0.3 is 0 Å². The van der Waals surface area contributed by atoms with Crippen molar-refractivity contribution in [2.75, 3.05) is 0 Å². The van der Waals surface area contributed by atoms with Crippen LogP contribution in [0.3, 0.4) is 0 Å². The summed E-state index contributed by atoms with van der Waals surface area (Å²) in [6, 6.07) is 11.4. The molecule has 0 radical (unpaired) electrons. The molecule has 0 aliphatic rings. The number of aryl methyl sites for hydroxylation is 1. The van der Waals surface area contributed by atoms with E-state index in [1.165, 1.54) is 0 Å². The largest absolute Gasteiger partial charge is 0.264 e. The molecule has 7 nitrogen and oxygen atoms in total. The third-order valence-electron chi connectivity index (χ3n) is 4.55. The molecule has 0 spiro atoms. The third kappa shape index (κ3) is 3.87. The molecule has 0 amide bonds. The number of nitrogens with zero attached hydrogens (tertiary/aromatic N) is 7. The lowest BCUT2D eigenvalue weighted by Gasteiger charge is -2.11. The Morgan fingerprint density at radius 1 is 1.00 bits per heavy atom. The van der Waals surface area contributed by atoms with Crippen LogP contribution in [0.4, 0.5) is 0 Å². The quantitative estimate of drug-likeness (QED) is 0.507. The highest BCUT2D eigenvalue weighted by Crippen LogP contribution is 2.20. The molecule has 0 fully saturated rings. The Labute approximate surface area is 168 Å². The van der Waals surface area contributed by atoms with Crippen molar-refractivity contribution in [2.24, 2.45) is 0 Å². The lowest BCUT2D eigenvalue weighted by molar-refractivity contribution is 0.774. The van der Waals surface area contributed by atoms with Crippen molar-refractivity contribution in [2.45, 2.75) is 26.2 Å². The van der Waals surface area contributed by atoms with Crippen molar-refractivity contribution >= 4 is 0 Å². The van der Waals surface area contributed by atoms with Crippen LogP contribution in [-0.2, 0) is 12.8 Å². The van der Waals surface area contributed by atoms with Gasteiger partial charge in [0, 0.05) is 36.8 Å². The van der Waals surface area contributed by atoms with E-state index in [0.29, 0.717) is 17.8 Å². The highest BCUT2D eigenvalue weighted by molar-refractivity contribution is 5.56. The predicted octanol–water partition coefficient (Wildman–Crippen LogP) is 3.53. The van der Waals surface area contributed by atoms with Gasteiger partial charge in [0.1, 0.15) is 6.07 Å². The molecular weight excluding hydrogens is 362 g/mol. The van der Waals surface area contributed by atoms with E-state index in [1.807, 2.05) is 18.2 Å². The standard InChI is InChI=1S/C22H19N7/c1-2-5-19-20(26-15-21(28-19)17-7-3-9-24-14-17)12-18-8-11-27-29(18)22-16(13-23)6-4-10-25-22/h3-4,6-11,14-15H,2,5,12H2,1H3. The Hall–Kier alpha value is -3.92. The Kier molecular flexibility index (Phi) is 5.34. The molecule has 7 heteroatoms. The van der Waals surface area contributed by atoms with Crippen LogP contribution in [0.25, 0.3) is 17.1 Å². The van der Waals surface area contributed by atoms with E-state index in [0.717, 1.165) is 41.2 Å². The molecule has 4 rings (SSSR count). The Morgan fingerprint density at radius 3 is 2.69 bits per heavy atom. The first-order chi connectivity index (χ1) is 14.3.